The predicted octanol–water partition coefficient (Wildman–Crippen LogP) is 1.94. The summed E-state index contributed by atoms with van der Waals surface area (Å²) in [5.41, 5.74) is 6.33. The molecule has 0 amide bonds. The molecule has 2 atom stereocenters. The van der Waals surface area contributed by atoms with Crippen molar-refractivity contribution in [3.63, 3.8) is 0 Å². The van der Waals surface area contributed by atoms with E-state index < -0.39 is 0 Å². The van der Waals surface area contributed by atoms with Crippen LogP contribution in [0.3, 0.4) is 0 Å². The minimum atomic E-state index is 0.486. The Balaban J connectivity index is 1.92. The first-order chi connectivity index (χ1) is 5.65. The summed E-state index contributed by atoms with van der Waals surface area (Å²) in [4.78, 5) is 4.57. The minimum absolute atomic E-state index is 0.486. The molecule has 2 rings (SSSR count). The van der Waals surface area contributed by atoms with Gasteiger partial charge in [-0.25, -0.2) is 0 Å². The first kappa shape index (κ1) is 8.09. The van der Waals surface area contributed by atoms with Crippen LogP contribution in [0.15, 0.2) is 4.99 Å². The third-order valence-corrected chi connectivity index (χ3v) is 3.41. The van der Waals surface area contributed by atoms with E-state index in [1.54, 1.807) is 0 Å². The van der Waals surface area contributed by atoms with E-state index in [2.05, 4.69) is 18.8 Å². The molecular weight excluding hydrogens is 148 g/mol. The summed E-state index contributed by atoms with van der Waals surface area (Å²) in [6.45, 7) is 4.55. The Labute approximate surface area is 74.2 Å². The normalized spacial score (nSPS) is 41.5. The molecule has 0 spiro atoms. The summed E-state index contributed by atoms with van der Waals surface area (Å²) in [6.07, 6.45) is 5.02. The topological polar surface area (TPSA) is 38.4 Å². The van der Waals surface area contributed by atoms with E-state index in [1.165, 1.54) is 25.7 Å². The van der Waals surface area contributed by atoms with Gasteiger partial charge in [-0.1, -0.05) is 13.8 Å². The smallest absolute Gasteiger partial charge is 0.0972 e. The molecule has 12 heavy (non-hydrogen) atoms. The molecular formula is C10H18N2. The largest absolute Gasteiger partial charge is 0.387 e. The molecule has 0 saturated heterocycles. The molecule has 2 nitrogen and oxygen atoms in total. The molecule has 0 aromatic heterocycles. The Morgan fingerprint density at radius 1 is 1.58 bits per heavy atom. The second kappa shape index (κ2) is 2.48. The molecule has 2 aliphatic rings. The summed E-state index contributed by atoms with van der Waals surface area (Å²) in [5.74, 6) is 1.57. The van der Waals surface area contributed by atoms with Crippen LogP contribution in [-0.2, 0) is 0 Å². The number of amidine groups is 1. The zero-order valence-electron chi connectivity index (χ0n) is 8.01. The van der Waals surface area contributed by atoms with Crippen molar-refractivity contribution in [3.8, 4) is 0 Å². The van der Waals surface area contributed by atoms with Crippen LogP contribution in [-0.4, -0.2) is 11.9 Å². The average Bonchev–Trinajstić information content (AvgIpc) is 2.87. The second-order valence-corrected chi connectivity index (χ2v) is 4.56. The first-order valence-electron chi connectivity index (χ1n) is 4.99. The highest BCUT2D eigenvalue weighted by Gasteiger charge is 2.49. The number of nitrogens with zero attached hydrogens (tertiary/aromatic N) is 1. The maximum Gasteiger partial charge on any atom is 0.0972 e. The molecule has 0 radical (unpaired) electrons. The molecule has 2 N–H and O–H groups in total. The molecule has 0 aromatic rings. The number of hydrogen-bond donors (Lipinski definition) is 1. The highest BCUT2D eigenvalue weighted by atomic mass is 15.0. The molecule has 68 valence electrons. The van der Waals surface area contributed by atoms with Gasteiger partial charge in [-0.2, -0.15) is 0 Å². The molecule has 0 aromatic carbocycles. The minimum Gasteiger partial charge on any atom is -0.387 e. The fourth-order valence-electron chi connectivity index (χ4n) is 1.63. The Morgan fingerprint density at radius 2 is 2.25 bits per heavy atom. The van der Waals surface area contributed by atoms with Gasteiger partial charge in [0.1, 0.15) is 0 Å². The van der Waals surface area contributed by atoms with Crippen LogP contribution in [0, 0.1) is 11.3 Å². The quantitative estimate of drug-likeness (QED) is 0.505. The molecule has 2 heteroatoms. The molecule has 0 heterocycles. The van der Waals surface area contributed by atoms with Gasteiger partial charge in [0, 0.05) is 5.92 Å². The maximum absolute atomic E-state index is 5.85. The van der Waals surface area contributed by atoms with E-state index in [-0.39, 0.29) is 0 Å². The van der Waals surface area contributed by atoms with Gasteiger partial charge in [-0.3, -0.25) is 4.99 Å². The van der Waals surface area contributed by atoms with Gasteiger partial charge in [-0.15, -0.1) is 0 Å². The van der Waals surface area contributed by atoms with Crippen LogP contribution in [0.25, 0.3) is 0 Å². The van der Waals surface area contributed by atoms with Gasteiger partial charge in [0.15, 0.2) is 0 Å². The van der Waals surface area contributed by atoms with E-state index in [1.807, 2.05) is 0 Å². The van der Waals surface area contributed by atoms with Gasteiger partial charge in [0.05, 0.1) is 11.9 Å². The van der Waals surface area contributed by atoms with Crippen molar-refractivity contribution < 1.29 is 0 Å². The maximum atomic E-state index is 5.85. The van der Waals surface area contributed by atoms with E-state index >= 15 is 0 Å². The van der Waals surface area contributed by atoms with Crippen molar-refractivity contribution in [3.05, 3.63) is 0 Å². The summed E-state index contributed by atoms with van der Waals surface area (Å²) >= 11 is 0. The number of hydrogen-bond acceptors (Lipinski definition) is 1. The Kier molecular flexibility index (Phi) is 1.67. The van der Waals surface area contributed by atoms with Crippen molar-refractivity contribution in [1.29, 1.82) is 0 Å². The third-order valence-electron chi connectivity index (χ3n) is 3.41. The van der Waals surface area contributed by atoms with Crippen LogP contribution < -0.4 is 5.73 Å². The average molecular weight is 166 g/mol. The standard InChI is InChI=1S/C10H18N2/c1-3-10(2)6-8(10)12-9(11)7-4-5-7/h7-8H,3-6H2,1-2H3,(H2,11,12). The van der Waals surface area contributed by atoms with Gasteiger partial charge in [-0.05, 0) is 31.1 Å². The molecule has 2 fully saturated rings. The predicted molar refractivity (Wildman–Crippen MR) is 51.1 cm³/mol. The lowest BCUT2D eigenvalue weighted by atomic mass is 10.1. The Bertz CT molecular complexity index is 218. The number of aliphatic imine (C=N–C) groups is 1. The fraction of sp³-hybridized carbons (Fsp3) is 0.900. The lowest BCUT2D eigenvalue weighted by molar-refractivity contribution is 0.526. The third kappa shape index (κ3) is 1.35. The van der Waals surface area contributed by atoms with Crippen LogP contribution in [0.2, 0.25) is 0 Å². The van der Waals surface area contributed by atoms with E-state index in [0.717, 1.165) is 5.84 Å². The van der Waals surface area contributed by atoms with Crippen LogP contribution in [0.5, 0.6) is 0 Å². The van der Waals surface area contributed by atoms with Gasteiger partial charge < -0.3 is 5.73 Å². The van der Waals surface area contributed by atoms with Crippen LogP contribution >= 0.6 is 0 Å². The Hall–Kier alpha value is -0.530. The molecule has 2 unspecified atom stereocenters. The summed E-state index contributed by atoms with van der Waals surface area (Å²) in [7, 11) is 0. The molecule has 2 saturated carbocycles. The van der Waals surface area contributed by atoms with Crippen LogP contribution in [0.4, 0.5) is 0 Å². The van der Waals surface area contributed by atoms with Crippen molar-refractivity contribution in [2.45, 2.75) is 45.6 Å². The molecule has 2 aliphatic carbocycles. The highest BCUT2D eigenvalue weighted by Crippen LogP contribution is 2.51. The zero-order chi connectivity index (χ0) is 8.77. The SMILES string of the molecule is CCC1(C)CC1N=C(N)C1CC1. The van der Waals surface area contributed by atoms with Crippen molar-refractivity contribution in [1.82, 2.24) is 0 Å². The summed E-state index contributed by atoms with van der Waals surface area (Å²) in [5, 5.41) is 0. The van der Waals surface area contributed by atoms with Gasteiger partial charge in [0.2, 0.25) is 0 Å². The zero-order valence-corrected chi connectivity index (χ0v) is 8.01. The van der Waals surface area contributed by atoms with Gasteiger partial charge >= 0.3 is 0 Å². The fourth-order valence-corrected chi connectivity index (χ4v) is 1.63. The van der Waals surface area contributed by atoms with Crippen molar-refractivity contribution in [2.75, 3.05) is 0 Å². The summed E-state index contributed by atoms with van der Waals surface area (Å²) < 4.78 is 0. The molecule has 0 bridgehead atoms. The number of rotatable bonds is 3. The van der Waals surface area contributed by atoms with E-state index in [4.69, 9.17) is 5.73 Å². The monoisotopic (exact) mass is 166 g/mol. The second-order valence-electron chi connectivity index (χ2n) is 4.56. The van der Waals surface area contributed by atoms with Gasteiger partial charge in [0.25, 0.3) is 0 Å². The lowest BCUT2D eigenvalue weighted by Crippen LogP contribution is -2.15. The lowest BCUT2D eigenvalue weighted by Gasteiger charge is -2.03. The summed E-state index contributed by atoms with van der Waals surface area (Å²) in [6, 6.07) is 0.545. The van der Waals surface area contributed by atoms with E-state index in [0.29, 0.717) is 17.4 Å². The van der Waals surface area contributed by atoms with Crippen LogP contribution in [0.1, 0.15) is 39.5 Å². The number of nitrogens with two attached hydrogens (primary N) is 1. The highest BCUT2D eigenvalue weighted by molar-refractivity contribution is 5.85. The molecule has 0 aliphatic heterocycles. The van der Waals surface area contributed by atoms with Crippen molar-refractivity contribution in [2.24, 2.45) is 22.1 Å². The Morgan fingerprint density at radius 3 is 2.67 bits per heavy atom. The van der Waals surface area contributed by atoms with E-state index in [9.17, 15) is 0 Å². The van der Waals surface area contributed by atoms with Crippen molar-refractivity contribution >= 4 is 5.84 Å². The first-order valence-corrected chi connectivity index (χ1v) is 4.99.